The number of rotatable bonds is 5. The van der Waals surface area contributed by atoms with Gasteiger partial charge in [-0.2, -0.15) is 0 Å². The van der Waals surface area contributed by atoms with Crippen LogP contribution in [0.3, 0.4) is 0 Å². The van der Waals surface area contributed by atoms with Crippen molar-refractivity contribution in [3.63, 3.8) is 0 Å². The van der Waals surface area contributed by atoms with Gasteiger partial charge in [-0.3, -0.25) is 14.4 Å². The van der Waals surface area contributed by atoms with Crippen molar-refractivity contribution in [1.82, 2.24) is 4.90 Å². The number of nitrogens with one attached hydrogen (secondary N) is 2. The number of likely N-dealkylation sites (N-methyl/N-ethyl adjacent to an activating group) is 1. The third-order valence-electron chi connectivity index (χ3n) is 6.75. The number of hydrogen-bond acceptors (Lipinski definition) is 5. The highest BCUT2D eigenvalue weighted by atomic mass is 35.5. The summed E-state index contributed by atoms with van der Waals surface area (Å²) in [5, 5.41) is 6.30. The Bertz CT molecular complexity index is 1150. The molecule has 9 heteroatoms. The first-order valence-corrected chi connectivity index (χ1v) is 12.3. The predicted octanol–water partition coefficient (Wildman–Crippen LogP) is 4.10. The monoisotopic (exact) mass is 497 g/mol. The Balaban J connectivity index is 1.24. The molecule has 3 atom stereocenters. The summed E-state index contributed by atoms with van der Waals surface area (Å²) in [6.45, 7) is 0.259. The highest BCUT2D eigenvalue weighted by Gasteiger charge is 2.39. The van der Waals surface area contributed by atoms with Crippen LogP contribution >= 0.6 is 11.6 Å². The molecule has 0 spiro atoms. The lowest BCUT2D eigenvalue weighted by molar-refractivity contribution is -0.130. The number of nitrogens with zero attached hydrogens (tertiary/aromatic N) is 1. The summed E-state index contributed by atoms with van der Waals surface area (Å²) >= 11 is 5.99. The number of ether oxygens (including phenoxy) is 2. The molecule has 2 N–H and O–H groups in total. The molecular weight excluding hydrogens is 470 g/mol. The van der Waals surface area contributed by atoms with E-state index in [2.05, 4.69) is 10.6 Å². The van der Waals surface area contributed by atoms with E-state index in [1.807, 2.05) is 0 Å². The molecule has 1 saturated carbocycles. The van der Waals surface area contributed by atoms with Crippen LogP contribution in [0.4, 0.5) is 11.4 Å². The third-order valence-corrected chi connectivity index (χ3v) is 6.98. The maximum absolute atomic E-state index is 13.3. The molecule has 2 aromatic carbocycles. The number of carbonyl (C=O) groups is 3. The van der Waals surface area contributed by atoms with Gasteiger partial charge in [0.2, 0.25) is 11.8 Å². The minimum atomic E-state index is -0.357. The summed E-state index contributed by atoms with van der Waals surface area (Å²) in [5.74, 6) is 0.182. The Kier molecular flexibility index (Phi) is 6.67. The fraction of sp³-hybridized carbons (Fsp3) is 0.423. The van der Waals surface area contributed by atoms with E-state index in [1.54, 1.807) is 54.4 Å². The second-order valence-corrected chi connectivity index (χ2v) is 9.84. The predicted molar refractivity (Wildman–Crippen MR) is 132 cm³/mol. The van der Waals surface area contributed by atoms with Gasteiger partial charge in [0.05, 0.1) is 24.1 Å². The lowest BCUT2D eigenvalue weighted by Crippen LogP contribution is -2.53. The van der Waals surface area contributed by atoms with Gasteiger partial charge in [0.1, 0.15) is 18.5 Å². The van der Waals surface area contributed by atoms with Crippen LogP contribution in [0.1, 0.15) is 42.5 Å². The van der Waals surface area contributed by atoms with Crippen LogP contribution in [0.5, 0.6) is 5.75 Å². The molecule has 1 aliphatic carbocycles. The van der Waals surface area contributed by atoms with Crippen molar-refractivity contribution in [2.24, 2.45) is 5.92 Å². The van der Waals surface area contributed by atoms with Crippen molar-refractivity contribution in [3.05, 3.63) is 53.1 Å². The summed E-state index contributed by atoms with van der Waals surface area (Å²) in [6, 6.07) is 12.0. The van der Waals surface area contributed by atoms with Crippen molar-refractivity contribution in [1.29, 1.82) is 0 Å². The highest BCUT2D eigenvalue weighted by molar-refractivity contribution is 6.30. The molecule has 0 unspecified atom stereocenters. The van der Waals surface area contributed by atoms with E-state index in [0.717, 1.165) is 12.8 Å². The van der Waals surface area contributed by atoms with Crippen LogP contribution in [-0.2, 0) is 14.3 Å². The molecule has 8 nitrogen and oxygen atoms in total. The minimum Gasteiger partial charge on any atom is -0.490 e. The fourth-order valence-corrected chi connectivity index (χ4v) is 4.87. The molecule has 1 saturated heterocycles. The largest absolute Gasteiger partial charge is 0.490 e. The van der Waals surface area contributed by atoms with E-state index in [1.165, 1.54) is 0 Å². The molecule has 0 radical (unpaired) electrons. The van der Waals surface area contributed by atoms with Crippen molar-refractivity contribution < 1.29 is 23.9 Å². The zero-order valence-corrected chi connectivity index (χ0v) is 20.2. The summed E-state index contributed by atoms with van der Waals surface area (Å²) in [4.78, 5) is 39.7. The molecule has 3 amide bonds. The molecule has 35 heavy (non-hydrogen) atoms. The van der Waals surface area contributed by atoms with E-state index in [-0.39, 0.29) is 54.9 Å². The van der Waals surface area contributed by atoms with Gasteiger partial charge in [0, 0.05) is 29.4 Å². The number of benzene rings is 2. The molecule has 2 heterocycles. The maximum Gasteiger partial charge on any atom is 0.257 e. The molecule has 5 rings (SSSR count). The molecule has 3 aliphatic rings. The van der Waals surface area contributed by atoms with Crippen LogP contribution in [-0.4, -0.2) is 54.5 Å². The van der Waals surface area contributed by atoms with Crippen molar-refractivity contribution in [3.8, 4) is 5.75 Å². The van der Waals surface area contributed by atoms with Crippen molar-refractivity contribution in [2.75, 3.05) is 24.3 Å². The van der Waals surface area contributed by atoms with Gasteiger partial charge in [-0.25, -0.2) is 0 Å². The molecule has 0 aromatic heterocycles. The summed E-state index contributed by atoms with van der Waals surface area (Å²) in [6.07, 6.45) is 2.73. The zero-order valence-electron chi connectivity index (χ0n) is 19.5. The first-order valence-electron chi connectivity index (χ1n) is 11.9. The van der Waals surface area contributed by atoms with Gasteiger partial charge < -0.3 is 25.0 Å². The lowest BCUT2D eigenvalue weighted by Gasteiger charge is -2.42. The zero-order chi connectivity index (χ0) is 24.5. The van der Waals surface area contributed by atoms with Crippen molar-refractivity contribution >= 4 is 40.7 Å². The fourth-order valence-electron chi connectivity index (χ4n) is 4.68. The van der Waals surface area contributed by atoms with Gasteiger partial charge in [-0.1, -0.05) is 17.7 Å². The van der Waals surface area contributed by atoms with Gasteiger partial charge in [-0.15, -0.1) is 0 Å². The summed E-state index contributed by atoms with van der Waals surface area (Å²) in [7, 11) is 1.76. The standard InChI is InChI=1S/C26H28ClN3O5/c1-30-21-9-8-19(13-24(31)28-17-4-2-3-16(27)11-17)35-23(21)14-34-22-10-7-18(12-20(22)26(30)33)29-25(32)15-5-6-15/h2-4,7,10-12,15,19,21,23H,5-6,8-9,13-14H2,1H3,(H,28,31)(H,29,32)/t19-,21+,23-/m1/s1. The highest BCUT2D eigenvalue weighted by Crippen LogP contribution is 2.34. The molecule has 184 valence electrons. The molecule has 2 aromatic rings. The SMILES string of the molecule is CN1C(=O)c2cc(NC(=O)C3CC3)ccc2OC[C@H]2O[C@@H](CC(=O)Nc3cccc(Cl)c3)CC[C@@H]21. The van der Waals surface area contributed by atoms with Gasteiger partial charge in [-0.05, 0) is 62.1 Å². The normalized spacial score (nSPS) is 23.8. The van der Waals surface area contributed by atoms with Crippen LogP contribution in [0.2, 0.25) is 5.02 Å². The molecular formula is C26H28ClN3O5. The Morgan fingerprint density at radius 3 is 2.63 bits per heavy atom. The van der Waals surface area contributed by atoms with E-state index < -0.39 is 0 Å². The van der Waals surface area contributed by atoms with Crippen LogP contribution in [0.25, 0.3) is 0 Å². The first kappa shape index (κ1) is 23.6. The van der Waals surface area contributed by atoms with Gasteiger partial charge >= 0.3 is 0 Å². The first-order chi connectivity index (χ1) is 16.9. The maximum atomic E-state index is 13.3. The van der Waals surface area contributed by atoms with Crippen LogP contribution < -0.4 is 15.4 Å². The average Bonchev–Trinajstić information content (AvgIpc) is 3.67. The van der Waals surface area contributed by atoms with Crippen LogP contribution in [0, 0.1) is 5.92 Å². The number of amides is 3. The summed E-state index contributed by atoms with van der Waals surface area (Å²) < 4.78 is 12.2. The third kappa shape index (κ3) is 5.44. The van der Waals surface area contributed by atoms with Gasteiger partial charge in [0.25, 0.3) is 5.91 Å². The van der Waals surface area contributed by atoms with Crippen molar-refractivity contribution in [2.45, 2.75) is 50.4 Å². The molecule has 2 aliphatic heterocycles. The minimum absolute atomic E-state index is 0.0105. The number of halogens is 1. The number of fused-ring (bicyclic) bond motifs is 2. The number of carbonyl (C=O) groups excluding carboxylic acids is 3. The smallest absolute Gasteiger partial charge is 0.257 e. The number of hydrogen-bond donors (Lipinski definition) is 2. The Hall–Kier alpha value is -3.10. The molecule has 2 fully saturated rings. The summed E-state index contributed by atoms with van der Waals surface area (Å²) in [5.41, 5.74) is 1.65. The second-order valence-electron chi connectivity index (χ2n) is 9.41. The van der Waals surface area contributed by atoms with E-state index in [4.69, 9.17) is 21.1 Å². The Morgan fingerprint density at radius 2 is 1.86 bits per heavy atom. The Labute approximate surface area is 208 Å². The average molecular weight is 498 g/mol. The number of anilines is 2. The lowest BCUT2D eigenvalue weighted by atomic mass is 9.94. The van der Waals surface area contributed by atoms with Gasteiger partial charge in [0.15, 0.2) is 0 Å². The second kappa shape index (κ2) is 9.87. The topological polar surface area (TPSA) is 97.0 Å². The van der Waals surface area contributed by atoms with E-state index in [9.17, 15) is 14.4 Å². The molecule has 0 bridgehead atoms. The van der Waals surface area contributed by atoms with Crippen LogP contribution in [0.15, 0.2) is 42.5 Å². The van der Waals surface area contributed by atoms with E-state index >= 15 is 0 Å². The Morgan fingerprint density at radius 1 is 1.06 bits per heavy atom. The quantitative estimate of drug-likeness (QED) is 0.648. The van der Waals surface area contributed by atoms with E-state index in [0.29, 0.717) is 40.6 Å².